The number of benzene rings is 1. The summed E-state index contributed by atoms with van der Waals surface area (Å²) in [6.45, 7) is 0.713. The van der Waals surface area contributed by atoms with Gasteiger partial charge >= 0.3 is 0 Å². The minimum Gasteiger partial charge on any atom is -0.352 e. The molecule has 114 valence electrons. The van der Waals surface area contributed by atoms with Crippen molar-refractivity contribution in [1.82, 2.24) is 9.88 Å². The van der Waals surface area contributed by atoms with Crippen LogP contribution in [0.15, 0.2) is 60.4 Å². The van der Waals surface area contributed by atoms with Crippen molar-refractivity contribution in [2.24, 2.45) is 0 Å². The molecular formula is C19H22N2O. The molecule has 1 aromatic carbocycles. The van der Waals surface area contributed by atoms with Gasteiger partial charge in [-0.2, -0.15) is 0 Å². The minimum absolute atomic E-state index is 0.000657. The highest BCUT2D eigenvalue weighted by molar-refractivity contribution is 5.97. The van der Waals surface area contributed by atoms with E-state index >= 15 is 0 Å². The Morgan fingerprint density at radius 1 is 1.09 bits per heavy atom. The average molecular weight is 294 g/mol. The molecule has 1 heterocycles. The molecule has 1 aromatic heterocycles. The van der Waals surface area contributed by atoms with Crippen molar-refractivity contribution in [2.75, 3.05) is 6.54 Å². The molecule has 0 aliphatic heterocycles. The molecule has 1 N–H and O–H groups in total. The van der Waals surface area contributed by atoms with Crippen LogP contribution < -0.4 is 5.32 Å². The summed E-state index contributed by atoms with van der Waals surface area (Å²) < 4.78 is 1.97. The van der Waals surface area contributed by atoms with Crippen molar-refractivity contribution in [1.29, 1.82) is 0 Å². The Morgan fingerprint density at radius 2 is 1.91 bits per heavy atom. The smallest absolute Gasteiger partial charge is 0.253 e. The van der Waals surface area contributed by atoms with Crippen molar-refractivity contribution in [3.8, 4) is 5.69 Å². The van der Waals surface area contributed by atoms with Crippen LogP contribution in [-0.4, -0.2) is 17.0 Å². The number of hydrogen-bond donors (Lipinski definition) is 1. The molecule has 22 heavy (non-hydrogen) atoms. The van der Waals surface area contributed by atoms with Crippen LogP contribution in [-0.2, 0) is 0 Å². The van der Waals surface area contributed by atoms with Crippen LogP contribution in [0.5, 0.6) is 0 Å². The second kappa shape index (κ2) is 7.12. The summed E-state index contributed by atoms with van der Waals surface area (Å²) in [6, 6.07) is 11.6. The van der Waals surface area contributed by atoms with Crippen molar-refractivity contribution in [2.45, 2.75) is 32.1 Å². The monoisotopic (exact) mass is 294 g/mol. The Balaban J connectivity index is 1.64. The van der Waals surface area contributed by atoms with Gasteiger partial charge in [0, 0.05) is 18.9 Å². The quantitative estimate of drug-likeness (QED) is 0.828. The summed E-state index contributed by atoms with van der Waals surface area (Å²) in [7, 11) is 0. The lowest BCUT2D eigenvalue weighted by Crippen LogP contribution is -2.26. The number of hydrogen-bond acceptors (Lipinski definition) is 1. The molecule has 1 aliphatic carbocycles. The highest BCUT2D eigenvalue weighted by atomic mass is 16.1. The van der Waals surface area contributed by atoms with E-state index in [9.17, 15) is 4.79 Å². The largest absolute Gasteiger partial charge is 0.352 e. The molecule has 2 aromatic rings. The molecule has 0 radical (unpaired) electrons. The van der Waals surface area contributed by atoms with Gasteiger partial charge in [-0.3, -0.25) is 4.79 Å². The number of aromatic nitrogens is 1. The van der Waals surface area contributed by atoms with Crippen molar-refractivity contribution < 1.29 is 4.79 Å². The first-order valence-corrected chi connectivity index (χ1v) is 8.03. The highest BCUT2D eigenvalue weighted by Gasteiger charge is 2.11. The third-order valence-corrected chi connectivity index (χ3v) is 4.15. The molecule has 0 unspecified atom stereocenters. The molecule has 0 atom stereocenters. The molecule has 0 bridgehead atoms. The van der Waals surface area contributed by atoms with Crippen LogP contribution in [0.1, 0.15) is 42.5 Å². The minimum atomic E-state index is 0.000657. The molecule has 3 nitrogen and oxygen atoms in total. The number of carbonyl (C=O) groups excluding carboxylic acids is 1. The number of allylic oxidation sites excluding steroid dienone is 1. The zero-order valence-electron chi connectivity index (χ0n) is 12.8. The Bertz CT molecular complexity index is 656. The van der Waals surface area contributed by atoms with Crippen LogP contribution >= 0.6 is 0 Å². The zero-order valence-corrected chi connectivity index (χ0v) is 12.8. The highest BCUT2D eigenvalue weighted by Crippen LogP contribution is 2.19. The van der Waals surface area contributed by atoms with E-state index in [2.05, 4.69) is 11.4 Å². The van der Waals surface area contributed by atoms with Gasteiger partial charge in [0.2, 0.25) is 0 Å². The third kappa shape index (κ3) is 3.48. The lowest BCUT2D eigenvalue weighted by molar-refractivity contribution is 0.0954. The fourth-order valence-electron chi connectivity index (χ4n) is 2.95. The van der Waals surface area contributed by atoms with E-state index in [0.29, 0.717) is 6.54 Å². The molecule has 0 fully saturated rings. The first kappa shape index (κ1) is 14.6. The lowest BCUT2D eigenvalue weighted by atomic mass is 9.97. The maximum Gasteiger partial charge on any atom is 0.253 e. The van der Waals surface area contributed by atoms with Gasteiger partial charge in [-0.05, 0) is 56.4 Å². The van der Waals surface area contributed by atoms with Gasteiger partial charge in [-0.1, -0.05) is 23.8 Å². The van der Waals surface area contributed by atoms with Gasteiger partial charge in [0.15, 0.2) is 0 Å². The van der Waals surface area contributed by atoms with Crippen LogP contribution in [0.2, 0.25) is 0 Å². The van der Waals surface area contributed by atoms with Crippen LogP contribution in [0.3, 0.4) is 0 Å². The molecule has 1 amide bonds. The Labute approximate surface area is 131 Å². The first-order valence-electron chi connectivity index (χ1n) is 8.03. The Kier molecular flexibility index (Phi) is 4.74. The van der Waals surface area contributed by atoms with Gasteiger partial charge < -0.3 is 9.88 Å². The van der Waals surface area contributed by atoms with Crippen molar-refractivity contribution in [3.63, 3.8) is 0 Å². The van der Waals surface area contributed by atoms with Gasteiger partial charge in [0.05, 0.1) is 11.3 Å². The molecule has 0 spiro atoms. The summed E-state index contributed by atoms with van der Waals surface area (Å²) in [5.74, 6) is 0.000657. The predicted molar refractivity (Wildman–Crippen MR) is 89.3 cm³/mol. The molecule has 3 heteroatoms. The van der Waals surface area contributed by atoms with Gasteiger partial charge in [-0.25, -0.2) is 0 Å². The number of para-hydroxylation sites is 1. The molecule has 0 saturated carbocycles. The maximum atomic E-state index is 12.5. The zero-order chi connectivity index (χ0) is 15.2. The van der Waals surface area contributed by atoms with Crippen molar-refractivity contribution >= 4 is 5.91 Å². The third-order valence-electron chi connectivity index (χ3n) is 4.15. The standard InChI is InChI=1S/C19H22N2O/c22-19(20-13-12-16-8-2-1-3-9-16)17-10-4-5-11-18(17)21-14-6-7-15-21/h4-8,10-11,14-15H,1-3,9,12-13H2,(H,20,22). The number of rotatable bonds is 5. The van der Waals surface area contributed by atoms with Crippen LogP contribution in [0, 0.1) is 0 Å². The van der Waals surface area contributed by atoms with E-state index in [1.165, 1.54) is 31.3 Å². The number of nitrogens with one attached hydrogen (secondary N) is 1. The summed E-state index contributed by atoms with van der Waals surface area (Å²) in [6.07, 6.45) is 12.2. The second-order valence-electron chi connectivity index (χ2n) is 5.72. The average Bonchev–Trinajstić information content (AvgIpc) is 3.10. The fraction of sp³-hybridized carbons (Fsp3) is 0.316. The lowest BCUT2D eigenvalue weighted by Gasteiger charge is -2.14. The number of carbonyl (C=O) groups is 1. The molecular weight excluding hydrogens is 272 g/mol. The molecule has 0 saturated heterocycles. The summed E-state index contributed by atoms with van der Waals surface area (Å²) >= 11 is 0. The Morgan fingerprint density at radius 3 is 2.68 bits per heavy atom. The van der Waals surface area contributed by atoms with E-state index in [-0.39, 0.29) is 5.91 Å². The predicted octanol–water partition coefficient (Wildman–Crippen LogP) is 4.10. The molecule has 3 rings (SSSR count). The number of amides is 1. The summed E-state index contributed by atoms with van der Waals surface area (Å²) in [5, 5.41) is 3.06. The number of nitrogens with zero attached hydrogens (tertiary/aromatic N) is 1. The second-order valence-corrected chi connectivity index (χ2v) is 5.72. The first-order chi connectivity index (χ1) is 10.8. The van der Waals surface area contributed by atoms with Crippen LogP contribution in [0.4, 0.5) is 0 Å². The molecule has 1 aliphatic rings. The van der Waals surface area contributed by atoms with Gasteiger partial charge in [-0.15, -0.1) is 0 Å². The van der Waals surface area contributed by atoms with Gasteiger partial charge in [0.1, 0.15) is 0 Å². The van der Waals surface area contributed by atoms with E-state index in [1.54, 1.807) is 0 Å². The van der Waals surface area contributed by atoms with E-state index in [0.717, 1.165) is 17.7 Å². The summed E-state index contributed by atoms with van der Waals surface area (Å²) in [5.41, 5.74) is 3.13. The normalized spacial score (nSPS) is 14.5. The summed E-state index contributed by atoms with van der Waals surface area (Å²) in [4.78, 5) is 12.5. The van der Waals surface area contributed by atoms with E-state index in [1.807, 2.05) is 53.4 Å². The van der Waals surface area contributed by atoms with Gasteiger partial charge in [0.25, 0.3) is 5.91 Å². The topological polar surface area (TPSA) is 34.0 Å². The van der Waals surface area contributed by atoms with Crippen molar-refractivity contribution in [3.05, 3.63) is 66.0 Å². The van der Waals surface area contributed by atoms with E-state index < -0.39 is 0 Å². The van der Waals surface area contributed by atoms with Crippen LogP contribution in [0.25, 0.3) is 5.69 Å². The SMILES string of the molecule is O=C(NCCC1=CCCCC1)c1ccccc1-n1cccc1. The Hall–Kier alpha value is -2.29. The fourth-order valence-corrected chi connectivity index (χ4v) is 2.95. The maximum absolute atomic E-state index is 12.5. The van der Waals surface area contributed by atoms with E-state index in [4.69, 9.17) is 0 Å².